The number of hydrogen-bond acceptors (Lipinski definition) is 3. The monoisotopic (exact) mass is 268 g/mol. The van der Waals surface area contributed by atoms with E-state index >= 15 is 0 Å². The molecule has 1 aromatic carbocycles. The van der Waals surface area contributed by atoms with Gasteiger partial charge in [-0.15, -0.1) is 11.3 Å². The predicted molar refractivity (Wildman–Crippen MR) is 76.3 cm³/mol. The fourth-order valence-corrected chi connectivity index (χ4v) is 2.55. The molecule has 0 spiro atoms. The Balaban J connectivity index is 1.77. The highest BCUT2D eigenvalue weighted by Crippen LogP contribution is 2.18. The first kappa shape index (κ1) is 11.9. The van der Waals surface area contributed by atoms with E-state index < -0.39 is 0 Å². The molecule has 4 heteroatoms. The van der Waals surface area contributed by atoms with E-state index in [2.05, 4.69) is 5.10 Å². The van der Waals surface area contributed by atoms with Gasteiger partial charge in [0, 0.05) is 11.8 Å². The number of ketones is 1. The average molecular weight is 268 g/mol. The molecule has 0 unspecified atom stereocenters. The molecule has 0 fully saturated rings. The molecular formula is C15H12N2OS. The minimum Gasteiger partial charge on any atom is -0.291 e. The molecule has 0 atom stereocenters. The zero-order valence-corrected chi connectivity index (χ0v) is 11.0. The second-order valence-electron chi connectivity index (χ2n) is 4.19. The van der Waals surface area contributed by atoms with Crippen LogP contribution in [0.25, 0.3) is 11.1 Å². The summed E-state index contributed by atoms with van der Waals surface area (Å²) in [5.74, 6) is 0.0951. The van der Waals surface area contributed by atoms with Crippen molar-refractivity contribution in [3.05, 3.63) is 65.1 Å². The molecule has 3 nitrogen and oxygen atoms in total. The number of carbonyl (C=O) groups is 1. The number of hydrogen-bond donors (Lipinski definition) is 0. The highest BCUT2D eigenvalue weighted by molar-refractivity contribution is 7.12. The molecule has 0 amide bonds. The van der Waals surface area contributed by atoms with Crippen LogP contribution in [0.2, 0.25) is 0 Å². The fraction of sp³-hybridized carbons (Fsp3) is 0.0667. The summed E-state index contributed by atoms with van der Waals surface area (Å²) in [6.07, 6.45) is 3.69. The van der Waals surface area contributed by atoms with Crippen LogP contribution in [0.15, 0.2) is 60.2 Å². The van der Waals surface area contributed by atoms with Gasteiger partial charge in [0.05, 0.1) is 11.1 Å². The van der Waals surface area contributed by atoms with E-state index in [9.17, 15) is 4.79 Å². The lowest BCUT2D eigenvalue weighted by Gasteiger charge is -1.98. The molecular weight excluding hydrogens is 256 g/mol. The lowest BCUT2D eigenvalue weighted by molar-refractivity contribution is 0.0971. The van der Waals surface area contributed by atoms with E-state index in [0.29, 0.717) is 0 Å². The molecule has 19 heavy (non-hydrogen) atoms. The van der Waals surface area contributed by atoms with Crippen LogP contribution in [0, 0.1) is 0 Å². The summed E-state index contributed by atoms with van der Waals surface area (Å²) in [7, 11) is 0. The van der Waals surface area contributed by atoms with E-state index in [-0.39, 0.29) is 12.3 Å². The topological polar surface area (TPSA) is 34.9 Å². The van der Waals surface area contributed by atoms with Gasteiger partial charge in [-0.05, 0) is 17.0 Å². The standard InChI is InChI=1S/C15H12N2OS/c18-14(15-7-4-8-19-15)11-17-10-13(9-16-17)12-5-2-1-3-6-12/h1-10H,11H2. The molecule has 94 valence electrons. The Kier molecular flexibility index (Phi) is 3.25. The summed E-state index contributed by atoms with van der Waals surface area (Å²) in [5.41, 5.74) is 2.14. The Bertz CT molecular complexity index is 671. The third kappa shape index (κ3) is 2.63. The quantitative estimate of drug-likeness (QED) is 0.679. The molecule has 0 N–H and O–H groups in total. The number of thiophene rings is 1. The van der Waals surface area contributed by atoms with Crippen molar-refractivity contribution in [2.75, 3.05) is 0 Å². The molecule has 0 saturated heterocycles. The summed E-state index contributed by atoms with van der Waals surface area (Å²) in [4.78, 5) is 12.7. The van der Waals surface area contributed by atoms with Gasteiger partial charge in [-0.25, -0.2) is 0 Å². The predicted octanol–water partition coefficient (Wildman–Crippen LogP) is 3.49. The average Bonchev–Trinajstić information content (AvgIpc) is 3.11. The second kappa shape index (κ2) is 5.20. The summed E-state index contributed by atoms with van der Waals surface area (Å²) in [6.45, 7) is 0.285. The number of carbonyl (C=O) groups excluding carboxylic acids is 1. The normalized spacial score (nSPS) is 10.5. The highest BCUT2D eigenvalue weighted by Gasteiger charge is 2.09. The van der Waals surface area contributed by atoms with Crippen molar-refractivity contribution in [1.29, 1.82) is 0 Å². The van der Waals surface area contributed by atoms with Crippen molar-refractivity contribution in [1.82, 2.24) is 9.78 Å². The zero-order chi connectivity index (χ0) is 13.1. The Morgan fingerprint density at radius 1 is 1.11 bits per heavy atom. The fourth-order valence-electron chi connectivity index (χ4n) is 1.89. The molecule has 0 radical (unpaired) electrons. The van der Waals surface area contributed by atoms with Crippen LogP contribution in [0.1, 0.15) is 9.67 Å². The van der Waals surface area contributed by atoms with Gasteiger partial charge in [0.2, 0.25) is 0 Å². The lowest BCUT2D eigenvalue weighted by atomic mass is 10.1. The summed E-state index contributed by atoms with van der Waals surface area (Å²) in [6, 6.07) is 13.7. The van der Waals surface area contributed by atoms with Gasteiger partial charge in [-0.2, -0.15) is 5.10 Å². The Hall–Kier alpha value is -2.20. The minimum atomic E-state index is 0.0951. The van der Waals surface area contributed by atoms with Crippen LogP contribution in [0.5, 0.6) is 0 Å². The molecule has 2 heterocycles. The number of benzene rings is 1. The Labute approximate surface area is 115 Å². The van der Waals surface area contributed by atoms with Crippen molar-refractivity contribution in [3.8, 4) is 11.1 Å². The molecule has 0 bridgehead atoms. The summed E-state index contributed by atoms with van der Waals surface area (Å²) in [5, 5.41) is 6.15. The van der Waals surface area contributed by atoms with Gasteiger partial charge in [-0.1, -0.05) is 36.4 Å². The van der Waals surface area contributed by atoms with Gasteiger partial charge in [-0.3, -0.25) is 9.48 Å². The first-order valence-corrected chi connectivity index (χ1v) is 6.85. The largest absolute Gasteiger partial charge is 0.291 e. The maximum Gasteiger partial charge on any atom is 0.194 e. The minimum absolute atomic E-state index is 0.0951. The number of aromatic nitrogens is 2. The molecule has 0 saturated carbocycles. The lowest BCUT2D eigenvalue weighted by Crippen LogP contribution is -2.09. The Morgan fingerprint density at radius 3 is 2.68 bits per heavy atom. The number of Topliss-reactive ketones (excluding diaryl/α,β-unsaturated/α-hetero) is 1. The van der Waals surface area contributed by atoms with Crippen LogP contribution in [0.3, 0.4) is 0 Å². The molecule has 3 aromatic rings. The maximum absolute atomic E-state index is 12.0. The second-order valence-corrected chi connectivity index (χ2v) is 5.14. The van der Waals surface area contributed by atoms with Gasteiger partial charge >= 0.3 is 0 Å². The number of rotatable bonds is 4. The van der Waals surface area contributed by atoms with Crippen molar-refractivity contribution < 1.29 is 4.79 Å². The van der Waals surface area contributed by atoms with Crippen LogP contribution in [-0.2, 0) is 6.54 Å². The summed E-state index contributed by atoms with van der Waals surface area (Å²) < 4.78 is 1.68. The van der Waals surface area contributed by atoms with E-state index in [1.165, 1.54) is 11.3 Å². The van der Waals surface area contributed by atoms with Crippen LogP contribution in [-0.4, -0.2) is 15.6 Å². The number of nitrogens with zero attached hydrogens (tertiary/aromatic N) is 2. The van der Waals surface area contributed by atoms with E-state index in [1.54, 1.807) is 10.9 Å². The van der Waals surface area contributed by atoms with Crippen LogP contribution >= 0.6 is 11.3 Å². The Morgan fingerprint density at radius 2 is 1.95 bits per heavy atom. The first-order chi connectivity index (χ1) is 9.33. The molecule has 0 aliphatic heterocycles. The smallest absolute Gasteiger partial charge is 0.194 e. The van der Waals surface area contributed by atoms with Crippen molar-refractivity contribution in [2.24, 2.45) is 0 Å². The van der Waals surface area contributed by atoms with Gasteiger partial charge < -0.3 is 0 Å². The van der Waals surface area contributed by atoms with Crippen molar-refractivity contribution in [3.63, 3.8) is 0 Å². The van der Waals surface area contributed by atoms with Crippen molar-refractivity contribution >= 4 is 17.1 Å². The third-order valence-corrected chi connectivity index (χ3v) is 3.75. The van der Waals surface area contributed by atoms with Crippen LogP contribution in [0.4, 0.5) is 0 Å². The van der Waals surface area contributed by atoms with Crippen molar-refractivity contribution in [2.45, 2.75) is 6.54 Å². The van der Waals surface area contributed by atoms with Crippen LogP contribution < -0.4 is 0 Å². The van der Waals surface area contributed by atoms with Gasteiger partial charge in [0.25, 0.3) is 0 Å². The molecule has 0 aliphatic rings. The van der Waals surface area contributed by atoms with E-state index in [4.69, 9.17) is 0 Å². The first-order valence-electron chi connectivity index (χ1n) is 5.97. The molecule has 0 aliphatic carbocycles. The highest BCUT2D eigenvalue weighted by atomic mass is 32.1. The van der Waals surface area contributed by atoms with Gasteiger partial charge in [0.15, 0.2) is 5.78 Å². The molecule has 2 aromatic heterocycles. The van der Waals surface area contributed by atoms with E-state index in [1.807, 2.05) is 54.0 Å². The molecule has 3 rings (SSSR count). The van der Waals surface area contributed by atoms with E-state index in [0.717, 1.165) is 16.0 Å². The third-order valence-electron chi connectivity index (χ3n) is 2.84. The summed E-state index contributed by atoms with van der Waals surface area (Å²) >= 11 is 1.46. The maximum atomic E-state index is 12.0. The van der Waals surface area contributed by atoms with Gasteiger partial charge in [0.1, 0.15) is 6.54 Å². The SMILES string of the molecule is O=C(Cn1cc(-c2ccccc2)cn1)c1cccs1. The zero-order valence-electron chi connectivity index (χ0n) is 10.2.